The predicted molar refractivity (Wildman–Crippen MR) is 133 cm³/mol. The fourth-order valence-corrected chi connectivity index (χ4v) is 4.57. The predicted octanol–water partition coefficient (Wildman–Crippen LogP) is 5.34. The number of halogens is 1. The van der Waals surface area contributed by atoms with Crippen molar-refractivity contribution in [1.29, 1.82) is 0 Å². The molecule has 1 N–H and O–H groups in total. The molecule has 1 amide bonds. The zero-order valence-electron chi connectivity index (χ0n) is 18.4. The van der Waals surface area contributed by atoms with Gasteiger partial charge in [0, 0.05) is 17.5 Å². The fourth-order valence-electron chi connectivity index (χ4n) is 3.07. The van der Waals surface area contributed by atoms with Crippen molar-refractivity contribution in [3.05, 3.63) is 83.8 Å². The number of carbonyl (C=O) groups is 1. The number of anilines is 1. The second-order valence-corrected chi connectivity index (χ2v) is 9.09. The average molecular weight is 496 g/mol. The van der Waals surface area contributed by atoms with E-state index in [0.29, 0.717) is 28.4 Å². The van der Waals surface area contributed by atoms with E-state index in [2.05, 4.69) is 27.1 Å². The lowest BCUT2D eigenvalue weighted by Crippen LogP contribution is -2.15. The standard InChI is InChI=1S/C24H22FN5O2S2/c1-3-11-30-21(13-32-19-6-4-5-16(2)12-19)28-29-24(30)34-15-22(31)27-23-26-20(14-33-23)17-7-9-18(25)10-8-17/h3-10,12,14H,1,11,13,15H2,2H3,(H,26,27,31). The van der Waals surface area contributed by atoms with Crippen LogP contribution in [0.2, 0.25) is 0 Å². The van der Waals surface area contributed by atoms with Gasteiger partial charge in [0.25, 0.3) is 0 Å². The van der Waals surface area contributed by atoms with Crippen LogP contribution in [0.3, 0.4) is 0 Å². The number of hydrogen-bond donors (Lipinski definition) is 1. The summed E-state index contributed by atoms with van der Waals surface area (Å²) < 4.78 is 20.8. The van der Waals surface area contributed by atoms with Crippen LogP contribution in [0.15, 0.2) is 71.7 Å². The molecular weight excluding hydrogens is 473 g/mol. The number of nitrogens with one attached hydrogen (secondary N) is 1. The van der Waals surface area contributed by atoms with Gasteiger partial charge in [-0.15, -0.1) is 28.1 Å². The van der Waals surface area contributed by atoms with E-state index in [0.717, 1.165) is 16.9 Å². The molecule has 2 aromatic carbocycles. The Balaban J connectivity index is 1.35. The summed E-state index contributed by atoms with van der Waals surface area (Å²) in [5.41, 5.74) is 2.57. The van der Waals surface area contributed by atoms with Crippen LogP contribution in [0.5, 0.6) is 5.75 Å². The number of hydrogen-bond acceptors (Lipinski definition) is 7. The van der Waals surface area contributed by atoms with E-state index in [-0.39, 0.29) is 24.1 Å². The van der Waals surface area contributed by atoms with Crippen molar-refractivity contribution in [3.63, 3.8) is 0 Å². The van der Waals surface area contributed by atoms with Gasteiger partial charge in [-0.25, -0.2) is 9.37 Å². The summed E-state index contributed by atoms with van der Waals surface area (Å²) in [7, 11) is 0. The average Bonchev–Trinajstić information content (AvgIpc) is 3.44. The van der Waals surface area contributed by atoms with E-state index >= 15 is 0 Å². The summed E-state index contributed by atoms with van der Waals surface area (Å²) in [6.45, 7) is 6.55. The Hall–Kier alpha value is -3.50. The molecule has 0 unspecified atom stereocenters. The van der Waals surface area contributed by atoms with E-state index < -0.39 is 0 Å². The minimum atomic E-state index is -0.307. The van der Waals surface area contributed by atoms with E-state index in [1.165, 1.54) is 35.2 Å². The highest BCUT2D eigenvalue weighted by Gasteiger charge is 2.15. The lowest BCUT2D eigenvalue weighted by Gasteiger charge is -2.09. The first-order valence-electron chi connectivity index (χ1n) is 10.4. The summed E-state index contributed by atoms with van der Waals surface area (Å²) in [5, 5.41) is 14.1. The highest BCUT2D eigenvalue weighted by Crippen LogP contribution is 2.26. The van der Waals surface area contributed by atoms with E-state index in [1.807, 2.05) is 41.1 Å². The van der Waals surface area contributed by atoms with Gasteiger partial charge in [-0.05, 0) is 48.9 Å². The molecule has 34 heavy (non-hydrogen) atoms. The van der Waals surface area contributed by atoms with Crippen molar-refractivity contribution in [1.82, 2.24) is 19.7 Å². The van der Waals surface area contributed by atoms with Crippen LogP contribution in [-0.4, -0.2) is 31.4 Å². The summed E-state index contributed by atoms with van der Waals surface area (Å²) in [6.07, 6.45) is 1.75. The lowest BCUT2D eigenvalue weighted by atomic mass is 10.2. The Morgan fingerprint density at radius 3 is 2.85 bits per heavy atom. The van der Waals surface area contributed by atoms with Gasteiger partial charge in [-0.3, -0.25) is 9.36 Å². The minimum absolute atomic E-state index is 0.138. The number of benzene rings is 2. The number of aromatic nitrogens is 4. The van der Waals surface area contributed by atoms with Gasteiger partial charge in [-0.1, -0.05) is 30.0 Å². The van der Waals surface area contributed by atoms with Crippen molar-refractivity contribution >= 4 is 34.1 Å². The number of thiazole rings is 1. The molecule has 174 valence electrons. The maximum absolute atomic E-state index is 13.1. The zero-order valence-corrected chi connectivity index (χ0v) is 20.0. The van der Waals surface area contributed by atoms with Gasteiger partial charge in [0.1, 0.15) is 18.2 Å². The molecule has 0 aliphatic carbocycles. The second-order valence-electron chi connectivity index (χ2n) is 7.28. The Kier molecular flexibility index (Phi) is 7.71. The first-order chi connectivity index (χ1) is 16.5. The Morgan fingerprint density at radius 1 is 1.26 bits per heavy atom. The van der Waals surface area contributed by atoms with Crippen molar-refractivity contribution in [2.45, 2.75) is 25.2 Å². The van der Waals surface area contributed by atoms with Gasteiger partial charge >= 0.3 is 0 Å². The van der Waals surface area contributed by atoms with Crippen LogP contribution in [0.4, 0.5) is 9.52 Å². The molecule has 0 radical (unpaired) electrons. The van der Waals surface area contributed by atoms with E-state index in [4.69, 9.17) is 4.74 Å². The molecule has 2 heterocycles. The van der Waals surface area contributed by atoms with Crippen LogP contribution >= 0.6 is 23.1 Å². The molecule has 7 nitrogen and oxygen atoms in total. The first kappa shape index (κ1) is 23.7. The number of rotatable bonds is 10. The van der Waals surface area contributed by atoms with Gasteiger partial charge in [0.05, 0.1) is 11.4 Å². The quantitative estimate of drug-likeness (QED) is 0.236. The molecule has 0 aliphatic rings. The largest absolute Gasteiger partial charge is 0.486 e. The molecule has 0 fully saturated rings. The van der Waals surface area contributed by atoms with Crippen molar-refractivity contribution in [2.75, 3.05) is 11.1 Å². The number of aryl methyl sites for hydroxylation is 1. The molecule has 0 atom stereocenters. The molecule has 0 saturated heterocycles. The van der Waals surface area contributed by atoms with E-state index in [9.17, 15) is 9.18 Å². The molecular formula is C24H22FN5O2S2. The van der Waals surface area contributed by atoms with Crippen LogP contribution in [0.1, 0.15) is 11.4 Å². The topological polar surface area (TPSA) is 81.9 Å². The summed E-state index contributed by atoms with van der Waals surface area (Å²) in [4.78, 5) is 16.9. The van der Waals surface area contributed by atoms with Crippen LogP contribution in [0, 0.1) is 12.7 Å². The summed E-state index contributed by atoms with van der Waals surface area (Å²) >= 11 is 2.58. The van der Waals surface area contributed by atoms with Crippen molar-refractivity contribution < 1.29 is 13.9 Å². The highest BCUT2D eigenvalue weighted by molar-refractivity contribution is 7.99. The lowest BCUT2D eigenvalue weighted by molar-refractivity contribution is -0.113. The number of allylic oxidation sites excluding steroid dienone is 1. The number of nitrogens with zero attached hydrogens (tertiary/aromatic N) is 4. The third-order valence-corrected chi connectivity index (χ3v) is 6.41. The van der Waals surface area contributed by atoms with Gasteiger partial charge in [0.15, 0.2) is 16.1 Å². The third kappa shape index (κ3) is 6.09. The minimum Gasteiger partial charge on any atom is -0.486 e. The normalized spacial score (nSPS) is 10.8. The molecule has 0 bridgehead atoms. The number of amides is 1. The maximum atomic E-state index is 13.1. The molecule has 4 aromatic rings. The van der Waals surface area contributed by atoms with Crippen molar-refractivity contribution in [3.8, 4) is 17.0 Å². The SMILES string of the molecule is C=CCn1c(COc2cccc(C)c2)nnc1SCC(=O)Nc1nc(-c2ccc(F)cc2)cs1. The van der Waals surface area contributed by atoms with E-state index in [1.54, 1.807) is 18.2 Å². The molecule has 10 heteroatoms. The third-order valence-electron chi connectivity index (χ3n) is 4.69. The molecule has 0 saturated carbocycles. The van der Waals surface area contributed by atoms with Gasteiger partial charge in [-0.2, -0.15) is 0 Å². The van der Waals surface area contributed by atoms with Crippen LogP contribution in [-0.2, 0) is 17.9 Å². The molecule has 0 spiro atoms. The molecule has 2 aromatic heterocycles. The fraction of sp³-hybridized carbons (Fsp3) is 0.167. The van der Waals surface area contributed by atoms with Crippen LogP contribution in [0.25, 0.3) is 11.3 Å². The van der Waals surface area contributed by atoms with Gasteiger partial charge < -0.3 is 10.1 Å². The maximum Gasteiger partial charge on any atom is 0.236 e. The summed E-state index contributed by atoms with van der Waals surface area (Å²) in [6, 6.07) is 13.8. The number of carbonyl (C=O) groups excluding carboxylic acids is 1. The Morgan fingerprint density at radius 2 is 2.09 bits per heavy atom. The van der Waals surface area contributed by atoms with Crippen molar-refractivity contribution in [2.24, 2.45) is 0 Å². The zero-order chi connectivity index (χ0) is 23.9. The highest BCUT2D eigenvalue weighted by atomic mass is 32.2. The first-order valence-corrected chi connectivity index (χ1v) is 12.2. The Bertz CT molecular complexity index is 1290. The number of ether oxygens (including phenoxy) is 1. The second kappa shape index (κ2) is 11.1. The number of thioether (sulfide) groups is 1. The molecule has 0 aliphatic heterocycles. The summed E-state index contributed by atoms with van der Waals surface area (Å²) in [5.74, 6) is 1.02. The smallest absolute Gasteiger partial charge is 0.236 e. The molecule has 4 rings (SSSR count). The van der Waals surface area contributed by atoms with Gasteiger partial charge in [0.2, 0.25) is 5.91 Å². The Labute approximate surface area is 204 Å². The van der Waals surface area contributed by atoms with Crippen LogP contribution < -0.4 is 10.1 Å². The monoisotopic (exact) mass is 495 g/mol.